The first-order valence-electron chi connectivity index (χ1n) is 10.4. The third-order valence-electron chi connectivity index (χ3n) is 5.74. The van der Waals surface area contributed by atoms with Crippen LogP contribution in [0.15, 0.2) is 65.6 Å². The van der Waals surface area contributed by atoms with Gasteiger partial charge in [0.25, 0.3) is 0 Å². The summed E-state index contributed by atoms with van der Waals surface area (Å²) in [5.41, 5.74) is 3.76. The van der Waals surface area contributed by atoms with Crippen molar-refractivity contribution in [2.24, 2.45) is 0 Å². The molecule has 0 N–H and O–H groups in total. The molecule has 0 unspecified atom stereocenters. The molecule has 0 radical (unpaired) electrons. The van der Waals surface area contributed by atoms with Crippen molar-refractivity contribution in [3.8, 4) is 23.0 Å². The van der Waals surface area contributed by atoms with E-state index >= 15 is 0 Å². The van der Waals surface area contributed by atoms with Gasteiger partial charge in [0.05, 0.1) is 19.9 Å². The van der Waals surface area contributed by atoms with E-state index in [0.717, 1.165) is 42.5 Å². The Balaban J connectivity index is 1.45. The number of hydrogen-bond acceptors (Lipinski definition) is 6. The molecular formula is C25H25NO4S. The molecule has 0 amide bonds. The largest absolute Gasteiger partial charge is 0.497 e. The van der Waals surface area contributed by atoms with Gasteiger partial charge in [0.1, 0.15) is 11.5 Å². The fourth-order valence-electron chi connectivity index (χ4n) is 4.05. The van der Waals surface area contributed by atoms with Gasteiger partial charge in [-0.3, -0.25) is 0 Å². The minimum atomic E-state index is 0.298. The molecule has 160 valence electrons. The minimum Gasteiger partial charge on any atom is -0.497 e. The molecule has 3 aromatic rings. The zero-order chi connectivity index (χ0) is 21.2. The highest BCUT2D eigenvalue weighted by molar-refractivity contribution is 7.99. The highest BCUT2D eigenvalue weighted by Gasteiger charge is 2.25. The molecule has 5 rings (SSSR count). The number of benzene rings is 3. The van der Waals surface area contributed by atoms with Gasteiger partial charge in [-0.2, -0.15) is 0 Å². The maximum Gasteiger partial charge on any atom is 0.231 e. The van der Waals surface area contributed by atoms with Gasteiger partial charge in [-0.05, 0) is 60.0 Å². The predicted octanol–water partition coefficient (Wildman–Crippen LogP) is 5.68. The zero-order valence-corrected chi connectivity index (χ0v) is 18.5. The van der Waals surface area contributed by atoms with E-state index in [4.69, 9.17) is 18.9 Å². The van der Waals surface area contributed by atoms with Crippen molar-refractivity contribution in [1.29, 1.82) is 0 Å². The summed E-state index contributed by atoms with van der Waals surface area (Å²) in [4.78, 5) is 3.68. The first-order chi connectivity index (χ1) is 15.2. The van der Waals surface area contributed by atoms with Crippen LogP contribution in [0.3, 0.4) is 0 Å². The number of ether oxygens (including phenoxy) is 4. The number of rotatable bonds is 5. The molecular weight excluding hydrogens is 410 g/mol. The standard InChI is InChI=1S/C25H25NO4S/c1-27-19-6-3-17(4-7-19)15-26-12-11-24(18-5-10-22-23(13-18)30-16-29-22)31-25-14-20(28-2)8-9-21(25)26/h3-10,13-14,24H,11-12,15-16H2,1-2H3/t24-/m1/s1. The van der Waals surface area contributed by atoms with Crippen LogP contribution >= 0.6 is 11.8 Å². The monoisotopic (exact) mass is 435 g/mol. The fourth-order valence-corrected chi connectivity index (χ4v) is 5.36. The van der Waals surface area contributed by atoms with Crippen LogP contribution in [0.25, 0.3) is 0 Å². The number of methoxy groups -OCH3 is 2. The Hall–Kier alpha value is -2.99. The molecule has 0 aromatic heterocycles. The van der Waals surface area contributed by atoms with Crippen molar-refractivity contribution < 1.29 is 18.9 Å². The average molecular weight is 436 g/mol. The van der Waals surface area contributed by atoms with Crippen LogP contribution < -0.4 is 23.8 Å². The molecule has 3 aromatic carbocycles. The molecule has 0 spiro atoms. The number of fused-ring (bicyclic) bond motifs is 2. The van der Waals surface area contributed by atoms with Crippen LogP contribution in [0.2, 0.25) is 0 Å². The Kier molecular flexibility index (Phi) is 5.55. The van der Waals surface area contributed by atoms with E-state index in [1.807, 2.05) is 36.0 Å². The number of anilines is 1. The molecule has 5 nitrogen and oxygen atoms in total. The van der Waals surface area contributed by atoms with Gasteiger partial charge in [0.15, 0.2) is 11.5 Å². The average Bonchev–Trinajstić information content (AvgIpc) is 3.21. The van der Waals surface area contributed by atoms with Crippen LogP contribution in [0.5, 0.6) is 23.0 Å². The number of thioether (sulfide) groups is 1. The molecule has 2 heterocycles. The summed E-state index contributed by atoms with van der Waals surface area (Å²) in [5.74, 6) is 3.42. The Morgan fingerprint density at radius 1 is 0.903 bits per heavy atom. The maximum absolute atomic E-state index is 5.61. The lowest BCUT2D eigenvalue weighted by Gasteiger charge is -2.25. The van der Waals surface area contributed by atoms with Crippen molar-refractivity contribution in [2.45, 2.75) is 23.1 Å². The predicted molar refractivity (Wildman–Crippen MR) is 123 cm³/mol. The molecule has 0 bridgehead atoms. The van der Waals surface area contributed by atoms with Crippen molar-refractivity contribution in [1.82, 2.24) is 0 Å². The summed E-state index contributed by atoms with van der Waals surface area (Å²) in [7, 11) is 3.41. The Bertz CT molecular complexity index is 1070. The van der Waals surface area contributed by atoms with Crippen LogP contribution in [-0.2, 0) is 6.54 Å². The van der Waals surface area contributed by atoms with Gasteiger partial charge in [-0.1, -0.05) is 18.2 Å². The van der Waals surface area contributed by atoms with Gasteiger partial charge in [-0.15, -0.1) is 11.8 Å². The van der Waals surface area contributed by atoms with E-state index in [1.165, 1.54) is 21.7 Å². The number of nitrogens with zero attached hydrogens (tertiary/aromatic N) is 1. The van der Waals surface area contributed by atoms with Gasteiger partial charge in [0, 0.05) is 23.2 Å². The molecule has 0 saturated carbocycles. The molecule has 6 heteroatoms. The highest BCUT2D eigenvalue weighted by Crippen LogP contribution is 2.48. The highest BCUT2D eigenvalue weighted by atomic mass is 32.2. The molecule has 1 atom stereocenters. The van der Waals surface area contributed by atoms with Crippen LogP contribution in [-0.4, -0.2) is 27.6 Å². The lowest BCUT2D eigenvalue weighted by Crippen LogP contribution is -2.24. The van der Waals surface area contributed by atoms with E-state index in [0.29, 0.717) is 12.0 Å². The third-order valence-corrected chi connectivity index (χ3v) is 7.11. The Morgan fingerprint density at radius 2 is 1.68 bits per heavy atom. The first kappa shape index (κ1) is 19.9. The minimum absolute atomic E-state index is 0.298. The topological polar surface area (TPSA) is 40.2 Å². The summed E-state index contributed by atoms with van der Waals surface area (Å²) < 4.78 is 21.9. The van der Waals surface area contributed by atoms with Crippen LogP contribution in [0, 0.1) is 0 Å². The van der Waals surface area contributed by atoms with Crippen LogP contribution in [0.1, 0.15) is 22.8 Å². The van der Waals surface area contributed by atoms with E-state index < -0.39 is 0 Å². The molecule has 31 heavy (non-hydrogen) atoms. The van der Waals surface area contributed by atoms with E-state index in [-0.39, 0.29) is 0 Å². The fraction of sp³-hybridized carbons (Fsp3) is 0.280. The van der Waals surface area contributed by atoms with Crippen molar-refractivity contribution in [3.05, 3.63) is 71.8 Å². The van der Waals surface area contributed by atoms with Gasteiger partial charge >= 0.3 is 0 Å². The van der Waals surface area contributed by atoms with E-state index in [9.17, 15) is 0 Å². The van der Waals surface area contributed by atoms with Crippen molar-refractivity contribution in [3.63, 3.8) is 0 Å². The van der Waals surface area contributed by atoms with Crippen LogP contribution in [0.4, 0.5) is 5.69 Å². The summed E-state index contributed by atoms with van der Waals surface area (Å²) in [6.45, 7) is 2.10. The maximum atomic E-state index is 5.61. The van der Waals surface area contributed by atoms with Gasteiger partial charge in [-0.25, -0.2) is 0 Å². The second-order valence-electron chi connectivity index (χ2n) is 7.61. The lowest BCUT2D eigenvalue weighted by atomic mass is 10.1. The first-order valence-corrected chi connectivity index (χ1v) is 11.2. The van der Waals surface area contributed by atoms with Gasteiger partial charge < -0.3 is 23.8 Å². The molecule has 0 aliphatic carbocycles. The smallest absolute Gasteiger partial charge is 0.231 e. The van der Waals surface area contributed by atoms with E-state index in [1.54, 1.807) is 14.2 Å². The molecule has 0 saturated heterocycles. The quantitative estimate of drug-likeness (QED) is 0.514. The lowest BCUT2D eigenvalue weighted by molar-refractivity contribution is 0.174. The Labute approximate surface area is 186 Å². The van der Waals surface area contributed by atoms with Crippen molar-refractivity contribution in [2.75, 3.05) is 32.5 Å². The van der Waals surface area contributed by atoms with Gasteiger partial charge in [0.2, 0.25) is 6.79 Å². The number of hydrogen-bond donors (Lipinski definition) is 0. The molecule has 2 aliphatic rings. The van der Waals surface area contributed by atoms with E-state index in [2.05, 4.69) is 41.3 Å². The van der Waals surface area contributed by atoms with Crippen molar-refractivity contribution >= 4 is 17.4 Å². The molecule has 0 fully saturated rings. The second-order valence-corrected chi connectivity index (χ2v) is 8.86. The normalized spacial score (nSPS) is 17.1. The summed E-state index contributed by atoms with van der Waals surface area (Å²) in [6, 6.07) is 21.0. The molecule has 2 aliphatic heterocycles. The summed E-state index contributed by atoms with van der Waals surface area (Å²) in [5, 5.41) is 0.321. The zero-order valence-electron chi connectivity index (χ0n) is 17.7. The second kappa shape index (κ2) is 8.63. The summed E-state index contributed by atoms with van der Waals surface area (Å²) >= 11 is 1.89. The SMILES string of the molecule is COc1ccc(CN2CC[C@H](c3ccc4c(c3)OCO4)Sc3cc(OC)ccc32)cc1. The summed E-state index contributed by atoms with van der Waals surface area (Å²) in [6.07, 6.45) is 1.03. The Morgan fingerprint density at radius 3 is 2.48 bits per heavy atom. The third kappa shape index (κ3) is 4.12.